The summed E-state index contributed by atoms with van der Waals surface area (Å²) in [4.78, 5) is 45.0. The van der Waals surface area contributed by atoms with Gasteiger partial charge in [0.15, 0.2) is 0 Å². The van der Waals surface area contributed by atoms with Gasteiger partial charge >= 0.3 is 5.97 Å². The van der Waals surface area contributed by atoms with E-state index in [1.54, 1.807) is 4.90 Å². The third-order valence-electron chi connectivity index (χ3n) is 7.89. The topological polar surface area (TPSA) is 96.4 Å². The molecule has 0 radical (unpaired) electrons. The average Bonchev–Trinajstić information content (AvgIpc) is 3.25. The van der Waals surface area contributed by atoms with Crippen LogP contribution in [0.5, 0.6) is 0 Å². The summed E-state index contributed by atoms with van der Waals surface area (Å²) in [7, 11) is 0. The number of esters is 1. The first kappa shape index (κ1) is 24.7. The fraction of sp³-hybridized carbons (Fsp3) is 0.536. The zero-order valence-electron chi connectivity index (χ0n) is 20.8. The number of hydrogen-bond donors (Lipinski definition) is 1. The Labute approximate surface area is 211 Å². The van der Waals surface area contributed by atoms with Gasteiger partial charge in [0.05, 0.1) is 31.3 Å². The van der Waals surface area contributed by atoms with Gasteiger partial charge in [0.2, 0.25) is 11.8 Å². The third kappa shape index (κ3) is 3.87. The number of nitrogens with zero attached hydrogens (tertiary/aromatic N) is 2. The first-order valence-corrected chi connectivity index (χ1v) is 12.9. The highest BCUT2D eigenvalue weighted by molar-refractivity contribution is 5.99. The molecule has 1 unspecified atom stereocenters. The van der Waals surface area contributed by atoms with E-state index in [1.165, 1.54) is 4.90 Å². The number of aliphatic hydroxyl groups is 1. The van der Waals surface area contributed by atoms with Crippen LogP contribution in [0.1, 0.15) is 44.7 Å². The minimum absolute atomic E-state index is 0.107. The summed E-state index contributed by atoms with van der Waals surface area (Å²) in [5.41, 5.74) is -0.627. The Kier molecular flexibility index (Phi) is 6.74. The number of carbonyl (C=O) groups is 3. The van der Waals surface area contributed by atoms with Crippen LogP contribution in [0.15, 0.2) is 54.6 Å². The highest BCUT2D eigenvalue weighted by Crippen LogP contribution is 2.54. The van der Waals surface area contributed by atoms with Gasteiger partial charge in [-0.25, -0.2) is 0 Å². The zero-order valence-corrected chi connectivity index (χ0v) is 20.8. The molecule has 0 aliphatic carbocycles. The molecule has 4 heterocycles. The zero-order chi connectivity index (χ0) is 25.4. The normalized spacial score (nSPS) is 34.1. The van der Waals surface area contributed by atoms with Crippen LogP contribution in [0.25, 0.3) is 0 Å². The number of cyclic esters (lactones) is 1. The number of ether oxygens (including phenoxy) is 2. The molecular weight excluding hydrogens is 460 g/mol. The van der Waals surface area contributed by atoms with E-state index in [0.29, 0.717) is 12.1 Å². The van der Waals surface area contributed by atoms with Crippen molar-refractivity contribution in [2.24, 2.45) is 11.8 Å². The number of carbonyl (C=O) groups excluding carboxylic acids is 3. The molecule has 1 spiro atoms. The lowest BCUT2D eigenvalue weighted by Gasteiger charge is -2.39. The van der Waals surface area contributed by atoms with Crippen molar-refractivity contribution in [2.45, 2.75) is 62.9 Å². The van der Waals surface area contributed by atoms with Crippen molar-refractivity contribution in [2.75, 3.05) is 19.8 Å². The van der Waals surface area contributed by atoms with E-state index in [2.05, 4.69) is 0 Å². The van der Waals surface area contributed by atoms with E-state index >= 15 is 0 Å². The molecule has 8 nitrogen and oxygen atoms in total. The molecule has 1 N–H and O–H groups in total. The van der Waals surface area contributed by atoms with E-state index in [1.807, 2.05) is 68.5 Å². The molecule has 2 fully saturated rings. The number of hydrogen-bond acceptors (Lipinski definition) is 6. The van der Waals surface area contributed by atoms with E-state index in [-0.39, 0.29) is 31.1 Å². The van der Waals surface area contributed by atoms with Crippen molar-refractivity contribution < 1.29 is 29.0 Å². The largest absolute Gasteiger partial charge is 0.465 e. The predicted octanol–water partition coefficient (Wildman–Crippen LogP) is 2.39. The number of likely N-dealkylation sites (tertiary alicyclic amines) is 1. The minimum atomic E-state index is -1.34. The average molecular weight is 495 g/mol. The highest BCUT2D eigenvalue weighted by Gasteiger charge is 2.72. The molecule has 0 aromatic heterocycles. The molecule has 2 amide bonds. The molecule has 4 aliphatic rings. The Balaban J connectivity index is 1.67. The fourth-order valence-corrected chi connectivity index (χ4v) is 6.20. The monoisotopic (exact) mass is 494 g/mol. The first-order valence-electron chi connectivity index (χ1n) is 12.9. The maximum atomic E-state index is 14.3. The van der Waals surface area contributed by atoms with Crippen LogP contribution in [0.4, 0.5) is 0 Å². The molecule has 2 saturated heterocycles. The third-order valence-corrected chi connectivity index (χ3v) is 7.89. The Bertz CT molecular complexity index is 1070. The predicted molar refractivity (Wildman–Crippen MR) is 131 cm³/mol. The summed E-state index contributed by atoms with van der Waals surface area (Å²) in [6, 6.07) is 7.30. The van der Waals surface area contributed by atoms with Gasteiger partial charge in [0.25, 0.3) is 0 Å². The van der Waals surface area contributed by atoms with Gasteiger partial charge in [-0.05, 0) is 38.7 Å². The molecule has 0 bridgehead atoms. The standard InChI is InChI=1S/C28H34N2O6/c1-18(2)29-15-10-14-28-23(22-21(36-28)13-8-3-4-9-16-35-27(22)34)25(32)30(24(28)26(29)33)20(17-31)19-11-6-5-7-12-19/h5-8,10-14,18,20-24,31H,3-4,9,15-17H2,1-2H3/b13-8-/t20-,21+,22-,23+,24?,28+/m1/s1. The fourth-order valence-electron chi connectivity index (χ4n) is 6.20. The first-order chi connectivity index (χ1) is 17.4. The molecule has 0 saturated carbocycles. The van der Waals surface area contributed by atoms with Crippen LogP contribution < -0.4 is 0 Å². The smallest absolute Gasteiger partial charge is 0.312 e. The van der Waals surface area contributed by atoms with Crippen molar-refractivity contribution in [1.29, 1.82) is 0 Å². The van der Waals surface area contributed by atoms with E-state index in [9.17, 15) is 19.5 Å². The van der Waals surface area contributed by atoms with E-state index in [4.69, 9.17) is 9.47 Å². The van der Waals surface area contributed by atoms with Gasteiger partial charge in [-0.15, -0.1) is 0 Å². The van der Waals surface area contributed by atoms with Crippen LogP contribution in [-0.4, -0.2) is 76.2 Å². The van der Waals surface area contributed by atoms with Crippen molar-refractivity contribution in [3.05, 3.63) is 60.2 Å². The van der Waals surface area contributed by atoms with Gasteiger partial charge in [0.1, 0.15) is 17.6 Å². The SMILES string of the molecule is CC(C)N1CC=C[C@]23O[C@H]4/C=C\CCCCOC(=O)[C@H]4[C@H]2C(=O)N([C@H](CO)c2ccccc2)C3C1=O. The van der Waals surface area contributed by atoms with Gasteiger partial charge in [0, 0.05) is 12.6 Å². The lowest BCUT2D eigenvalue weighted by Crippen LogP contribution is -2.57. The minimum Gasteiger partial charge on any atom is -0.465 e. The Morgan fingerprint density at radius 1 is 1.08 bits per heavy atom. The quantitative estimate of drug-likeness (QED) is 0.510. The Morgan fingerprint density at radius 3 is 2.58 bits per heavy atom. The number of aliphatic hydroxyl groups excluding tert-OH is 1. The van der Waals surface area contributed by atoms with Gasteiger partial charge in [-0.1, -0.05) is 54.6 Å². The van der Waals surface area contributed by atoms with Crippen LogP contribution >= 0.6 is 0 Å². The number of benzene rings is 1. The van der Waals surface area contributed by atoms with Gasteiger partial charge in [-0.3, -0.25) is 14.4 Å². The second-order valence-electron chi connectivity index (χ2n) is 10.3. The van der Waals surface area contributed by atoms with Crippen LogP contribution in [0.3, 0.4) is 0 Å². The molecule has 6 atom stereocenters. The lowest BCUT2D eigenvalue weighted by molar-refractivity contribution is -0.156. The molecule has 192 valence electrons. The number of allylic oxidation sites excluding steroid dienone is 1. The van der Waals surface area contributed by atoms with E-state index < -0.39 is 41.6 Å². The van der Waals surface area contributed by atoms with E-state index in [0.717, 1.165) is 19.3 Å². The summed E-state index contributed by atoms with van der Waals surface area (Å²) in [6.45, 7) is 4.15. The van der Waals surface area contributed by atoms with Crippen LogP contribution in [-0.2, 0) is 23.9 Å². The summed E-state index contributed by atoms with van der Waals surface area (Å²) in [5.74, 6) is -2.91. The van der Waals surface area contributed by atoms with Crippen molar-refractivity contribution in [1.82, 2.24) is 9.80 Å². The summed E-state index contributed by atoms with van der Waals surface area (Å²) in [5, 5.41) is 10.5. The van der Waals surface area contributed by atoms with Gasteiger partial charge < -0.3 is 24.4 Å². The maximum Gasteiger partial charge on any atom is 0.312 e. The Morgan fingerprint density at radius 2 is 1.86 bits per heavy atom. The summed E-state index contributed by atoms with van der Waals surface area (Å²) in [6.07, 6.45) is 9.30. The molecule has 8 heteroatoms. The van der Waals surface area contributed by atoms with Crippen LogP contribution in [0.2, 0.25) is 0 Å². The molecule has 1 aromatic rings. The highest BCUT2D eigenvalue weighted by atomic mass is 16.6. The van der Waals surface area contributed by atoms with Crippen molar-refractivity contribution >= 4 is 17.8 Å². The van der Waals surface area contributed by atoms with Crippen molar-refractivity contribution in [3.63, 3.8) is 0 Å². The van der Waals surface area contributed by atoms with Gasteiger partial charge in [-0.2, -0.15) is 0 Å². The summed E-state index contributed by atoms with van der Waals surface area (Å²) >= 11 is 0. The molecular formula is C28H34N2O6. The molecule has 1 aromatic carbocycles. The number of rotatable bonds is 4. The molecule has 5 rings (SSSR count). The maximum absolute atomic E-state index is 14.3. The second-order valence-corrected chi connectivity index (χ2v) is 10.3. The van der Waals surface area contributed by atoms with Crippen molar-refractivity contribution in [3.8, 4) is 0 Å². The Hall–Kier alpha value is -2.97. The summed E-state index contributed by atoms with van der Waals surface area (Å²) < 4.78 is 12.2. The number of amides is 2. The molecule has 36 heavy (non-hydrogen) atoms. The number of fused-ring (bicyclic) bond motifs is 2. The lowest BCUT2D eigenvalue weighted by atomic mass is 9.78. The second kappa shape index (κ2) is 9.82. The molecule has 4 aliphatic heterocycles. The van der Waals surface area contributed by atoms with Crippen LogP contribution in [0, 0.1) is 11.8 Å².